The van der Waals surface area contributed by atoms with Crippen molar-refractivity contribution in [3.63, 3.8) is 0 Å². The standard InChI is InChI=1S/C23H37N7O3/c1-7-23(8-2,20(24)32)26-16-10-9-12-29(14-16)21-25-18-17(30(21)13-11-15(3)4)19(31)28(6)22(33)27(18)5/h11,16,26H,7-10,12-14H2,1-6H3,(H2,24,32). The van der Waals surface area contributed by atoms with Crippen LogP contribution in [0, 0.1) is 0 Å². The molecule has 2 aromatic rings. The SMILES string of the molecule is CCC(CC)(NC1CCCN(c2nc3c(c(=O)n(C)c(=O)n3C)n2CC=C(C)C)C1)C(N)=O. The minimum Gasteiger partial charge on any atom is -0.368 e. The van der Waals surface area contributed by atoms with E-state index < -0.39 is 11.2 Å². The highest BCUT2D eigenvalue weighted by atomic mass is 16.2. The summed E-state index contributed by atoms with van der Waals surface area (Å²) in [6.45, 7) is 9.83. The van der Waals surface area contributed by atoms with Crippen LogP contribution in [0.25, 0.3) is 11.2 Å². The van der Waals surface area contributed by atoms with Crippen LogP contribution in [-0.4, -0.2) is 49.3 Å². The van der Waals surface area contributed by atoms with Crippen molar-refractivity contribution in [3.05, 3.63) is 32.5 Å². The summed E-state index contributed by atoms with van der Waals surface area (Å²) in [5.74, 6) is 0.323. The number of aromatic nitrogens is 4. The number of nitrogens with one attached hydrogen (secondary N) is 1. The van der Waals surface area contributed by atoms with E-state index in [1.807, 2.05) is 38.3 Å². The van der Waals surface area contributed by atoms with E-state index in [4.69, 9.17) is 10.7 Å². The van der Waals surface area contributed by atoms with Crippen LogP contribution < -0.4 is 27.2 Å². The molecule has 1 atom stereocenters. The van der Waals surface area contributed by atoms with Gasteiger partial charge in [0.2, 0.25) is 11.9 Å². The first-order chi connectivity index (χ1) is 15.6. The summed E-state index contributed by atoms with van der Waals surface area (Å²) in [6, 6.07) is 0.0505. The van der Waals surface area contributed by atoms with Crippen LogP contribution in [0.3, 0.4) is 0 Å². The Labute approximate surface area is 194 Å². The third kappa shape index (κ3) is 4.48. The number of hydrogen-bond acceptors (Lipinski definition) is 6. The number of aryl methyl sites for hydroxylation is 1. The summed E-state index contributed by atoms with van der Waals surface area (Å²) in [5, 5.41) is 3.53. The predicted molar refractivity (Wildman–Crippen MR) is 131 cm³/mol. The fourth-order valence-electron chi connectivity index (χ4n) is 4.66. The average Bonchev–Trinajstić information content (AvgIpc) is 3.18. The lowest BCUT2D eigenvalue weighted by atomic mass is 9.89. The van der Waals surface area contributed by atoms with Crippen LogP contribution >= 0.6 is 0 Å². The van der Waals surface area contributed by atoms with Crippen molar-refractivity contribution in [2.75, 3.05) is 18.0 Å². The third-order valence-corrected chi connectivity index (χ3v) is 6.87. The fraction of sp³-hybridized carbons (Fsp3) is 0.652. The van der Waals surface area contributed by atoms with Gasteiger partial charge < -0.3 is 15.2 Å². The number of hydrogen-bond donors (Lipinski definition) is 2. The summed E-state index contributed by atoms with van der Waals surface area (Å²) < 4.78 is 4.44. The number of piperidine rings is 1. The Bertz CT molecular complexity index is 1180. The summed E-state index contributed by atoms with van der Waals surface area (Å²) >= 11 is 0. The zero-order valence-corrected chi connectivity index (χ0v) is 20.6. The van der Waals surface area contributed by atoms with Gasteiger partial charge >= 0.3 is 5.69 Å². The Hall–Kier alpha value is -2.88. The minimum absolute atomic E-state index is 0.0505. The highest BCUT2D eigenvalue weighted by Crippen LogP contribution is 2.25. The van der Waals surface area contributed by atoms with Crippen molar-refractivity contribution in [3.8, 4) is 0 Å². The lowest BCUT2D eigenvalue weighted by Crippen LogP contribution is -2.61. The highest BCUT2D eigenvalue weighted by Gasteiger charge is 2.36. The molecule has 0 spiro atoms. The van der Waals surface area contributed by atoms with Gasteiger partial charge in [0.05, 0.1) is 5.54 Å². The van der Waals surface area contributed by atoms with E-state index in [0.29, 0.717) is 43.0 Å². The molecule has 3 N–H and O–H groups in total. The number of fused-ring (bicyclic) bond motifs is 1. The number of primary amides is 1. The lowest BCUT2D eigenvalue weighted by Gasteiger charge is -2.39. The predicted octanol–water partition coefficient (Wildman–Crippen LogP) is 1.00. The van der Waals surface area contributed by atoms with Crippen molar-refractivity contribution in [2.24, 2.45) is 19.8 Å². The maximum Gasteiger partial charge on any atom is 0.332 e. The fourth-order valence-corrected chi connectivity index (χ4v) is 4.66. The molecule has 0 saturated carbocycles. The Morgan fingerprint density at radius 3 is 2.45 bits per heavy atom. The first-order valence-electron chi connectivity index (χ1n) is 11.7. The number of anilines is 1. The second-order valence-corrected chi connectivity index (χ2v) is 9.26. The molecule has 1 aliphatic heterocycles. The molecule has 0 aromatic carbocycles. The zero-order chi connectivity index (χ0) is 24.5. The van der Waals surface area contributed by atoms with E-state index in [2.05, 4.69) is 10.2 Å². The third-order valence-electron chi connectivity index (χ3n) is 6.87. The molecule has 1 aliphatic rings. The normalized spacial score (nSPS) is 16.9. The van der Waals surface area contributed by atoms with E-state index in [9.17, 15) is 14.4 Å². The van der Waals surface area contributed by atoms with E-state index in [-0.39, 0.29) is 17.5 Å². The van der Waals surface area contributed by atoms with Crippen molar-refractivity contribution in [2.45, 2.75) is 71.5 Å². The molecule has 10 heteroatoms. The second-order valence-electron chi connectivity index (χ2n) is 9.26. The van der Waals surface area contributed by atoms with Gasteiger partial charge in [0.15, 0.2) is 11.2 Å². The number of amides is 1. The molecular weight excluding hydrogens is 422 g/mol. The van der Waals surface area contributed by atoms with Gasteiger partial charge in [-0.3, -0.25) is 24.0 Å². The van der Waals surface area contributed by atoms with Gasteiger partial charge in [-0.1, -0.05) is 25.5 Å². The number of rotatable bonds is 8. The van der Waals surface area contributed by atoms with Gasteiger partial charge in [-0.25, -0.2) is 4.79 Å². The van der Waals surface area contributed by atoms with Gasteiger partial charge in [0.1, 0.15) is 0 Å². The van der Waals surface area contributed by atoms with Crippen LogP contribution in [0.4, 0.5) is 5.95 Å². The van der Waals surface area contributed by atoms with Gasteiger partial charge in [-0.15, -0.1) is 0 Å². The molecule has 10 nitrogen and oxygen atoms in total. The molecule has 0 bridgehead atoms. The smallest absolute Gasteiger partial charge is 0.332 e. The molecular formula is C23H37N7O3. The zero-order valence-electron chi connectivity index (χ0n) is 20.6. The van der Waals surface area contributed by atoms with Crippen LogP contribution in [-0.2, 0) is 25.4 Å². The summed E-state index contributed by atoms with van der Waals surface area (Å²) in [7, 11) is 3.12. The quantitative estimate of drug-likeness (QED) is 0.569. The number of nitrogens with two attached hydrogens (primary N) is 1. The Morgan fingerprint density at radius 2 is 1.88 bits per heavy atom. The number of carbonyl (C=O) groups is 1. The molecule has 0 radical (unpaired) electrons. The molecule has 2 aromatic heterocycles. The van der Waals surface area contributed by atoms with Crippen LogP contribution in [0.1, 0.15) is 53.4 Å². The molecule has 1 fully saturated rings. The molecule has 1 saturated heterocycles. The van der Waals surface area contributed by atoms with Gasteiger partial charge in [-0.2, -0.15) is 4.98 Å². The van der Waals surface area contributed by atoms with Crippen molar-refractivity contribution in [1.82, 2.24) is 24.0 Å². The van der Waals surface area contributed by atoms with Crippen LogP contribution in [0.5, 0.6) is 0 Å². The molecule has 1 unspecified atom stereocenters. The topological polar surface area (TPSA) is 120 Å². The number of nitrogens with zero attached hydrogens (tertiary/aromatic N) is 5. The maximum absolute atomic E-state index is 13.1. The molecule has 1 amide bonds. The monoisotopic (exact) mass is 459 g/mol. The van der Waals surface area contributed by atoms with E-state index >= 15 is 0 Å². The molecule has 3 rings (SSSR count). The minimum atomic E-state index is -0.740. The Balaban J connectivity index is 2.08. The summed E-state index contributed by atoms with van der Waals surface area (Å²) in [6.07, 6.45) is 5.10. The Kier molecular flexibility index (Phi) is 7.16. The maximum atomic E-state index is 13.1. The van der Waals surface area contributed by atoms with Crippen molar-refractivity contribution >= 4 is 23.0 Å². The number of allylic oxidation sites excluding steroid dienone is 2. The highest BCUT2D eigenvalue weighted by molar-refractivity contribution is 5.84. The van der Waals surface area contributed by atoms with Crippen LogP contribution in [0.2, 0.25) is 0 Å². The van der Waals surface area contributed by atoms with Gasteiger partial charge in [0.25, 0.3) is 5.56 Å². The van der Waals surface area contributed by atoms with E-state index in [1.54, 1.807) is 7.05 Å². The van der Waals surface area contributed by atoms with E-state index in [0.717, 1.165) is 29.5 Å². The molecule has 33 heavy (non-hydrogen) atoms. The van der Waals surface area contributed by atoms with Gasteiger partial charge in [0, 0.05) is 39.8 Å². The van der Waals surface area contributed by atoms with Crippen LogP contribution in [0.15, 0.2) is 21.2 Å². The number of carbonyl (C=O) groups excluding carboxylic acids is 1. The molecule has 3 heterocycles. The largest absolute Gasteiger partial charge is 0.368 e. The number of imidazole rings is 1. The molecule has 182 valence electrons. The Morgan fingerprint density at radius 1 is 1.21 bits per heavy atom. The van der Waals surface area contributed by atoms with E-state index in [1.165, 1.54) is 11.6 Å². The van der Waals surface area contributed by atoms with Crippen molar-refractivity contribution < 1.29 is 4.79 Å². The first-order valence-corrected chi connectivity index (χ1v) is 11.7. The van der Waals surface area contributed by atoms with Gasteiger partial charge in [-0.05, 0) is 39.5 Å². The molecule has 0 aliphatic carbocycles. The first kappa shape index (κ1) is 24.8. The average molecular weight is 460 g/mol. The summed E-state index contributed by atoms with van der Waals surface area (Å²) in [5.41, 5.74) is 6.17. The summed E-state index contributed by atoms with van der Waals surface area (Å²) in [4.78, 5) is 44.7. The lowest BCUT2D eigenvalue weighted by molar-refractivity contribution is -0.125. The van der Waals surface area contributed by atoms with Crippen molar-refractivity contribution in [1.29, 1.82) is 0 Å². The second kappa shape index (κ2) is 9.54.